The van der Waals surface area contributed by atoms with E-state index in [1.807, 2.05) is 47.8 Å². The Labute approximate surface area is 132 Å². The van der Waals surface area contributed by atoms with Gasteiger partial charge in [0.05, 0.1) is 12.7 Å². The Bertz CT molecular complexity index is 696. The maximum absolute atomic E-state index is 12.5. The lowest BCUT2D eigenvalue weighted by molar-refractivity contribution is -0.120. The Morgan fingerprint density at radius 1 is 1.18 bits per heavy atom. The number of ether oxygens (including phenoxy) is 1. The Kier molecular flexibility index (Phi) is 4.50. The average molecular weight is 313 g/mol. The third kappa shape index (κ3) is 3.53. The smallest absolute Gasteiger partial charge is 0.266 e. The van der Waals surface area contributed by atoms with Crippen molar-refractivity contribution in [1.29, 1.82) is 0 Å². The van der Waals surface area contributed by atoms with Crippen molar-refractivity contribution in [1.82, 2.24) is 10.2 Å². The lowest BCUT2D eigenvalue weighted by Crippen LogP contribution is -2.34. The van der Waals surface area contributed by atoms with Crippen LogP contribution < -0.4 is 9.64 Å². The van der Waals surface area contributed by atoms with Gasteiger partial charge < -0.3 is 4.74 Å². The summed E-state index contributed by atoms with van der Waals surface area (Å²) in [6.07, 6.45) is 1.63. The van der Waals surface area contributed by atoms with E-state index in [1.165, 1.54) is 0 Å². The molecule has 0 aliphatic carbocycles. The largest absolute Gasteiger partial charge is 0.484 e. The number of benzene rings is 1. The van der Waals surface area contributed by atoms with E-state index >= 15 is 0 Å². The lowest BCUT2D eigenvalue weighted by Gasteiger charge is -2.20. The predicted octanol–water partition coefficient (Wildman–Crippen LogP) is 3.08. The van der Waals surface area contributed by atoms with E-state index in [0.29, 0.717) is 18.1 Å². The highest BCUT2D eigenvalue weighted by molar-refractivity contribution is 7.09. The number of nitrogens with one attached hydrogen (secondary N) is 1. The molecular weight excluding hydrogens is 298 g/mol. The van der Waals surface area contributed by atoms with E-state index in [2.05, 4.69) is 10.2 Å². The van der Waals surface area contributed by atoms with E-state index in [4.69, 9.17) is 4.74 Å². The zero-order chi connectivity index (χ0) is 15.2. The molecule has 0 atom stereocenters. The van der Waals surface area contributed by atoms with Crippen LogP contribution in [0.4, 0.5) is 5.82 Å². The van der Waals surface area contributed by atoms with Crippen LogP contribution in [0.5, 0.6) is 5.75 Å². The first-order chi connectivity index (χ1) is 10.8. The van der Waals surface area contributed by atoms with E-state index in [9.17, 15) is 4.79 Å². The molecule has 0 saturated carbocycles. The second-order valence-electron chi connectivity index (χ2n) is 4.60. The second kappa shape index (κ2) is 6.91. The molecule has 2 heterocycles. The fourth-order valence-corrected chi connectivity index (χ4v) is 2.70. The Morgan fingerprint density at radius 2 is 2.05 bits per heavy atom. The number of anilines is 1. The van der Waals surface area contributed by atoms with Gasteiger partial charge in [0.25, 0.3) is 5.91 Å². The van der Waals surface area contributed by atoms with Gasteiger partial charge in [-0.05, 0) is 23.6 Å². The van der Waals surface area contributed by atoms with Gasteiger partial charge in [-0.1, -0.05) is 24.3 Å². The Hall–Kier alpha value is -2.60. The zero-order valence-corrected chi connectivity index (χ0v) is 12.6. The normalized spacial score (nSPS) is 10.4. The van der Waals surface area contributed by atoms with Crippen LogP contribution in [0, 0.1) is 0 Å². The molecule has 0 spiro atoms. The number of carbonyl (C=O) groups excluding carboxylic acids is 1. The van der Waals surface area contributed by atoms with E-state index in [0.717, 1.165) is 4.88 Å². The number of aromatic nitrogens is 2. The monoisotopic (exact) mass is 313 g/mol. The highest BCUT2D eigenvalue weighted by Gasteiger charge is 2.18. The fourth-order valence-electron chi connectivity index (χ4n) is 2.00. The van der Waals surface area contributed by atoms with Gasteiger partial charge in [0.1, 0.15) is 11.6 Å². The molecule has 0 bridgehead atoms. The quantitative estimate of drug-likeness (QED) is 0.761. The van der Waals surface area contributed by atoms with Crippen LogP contribution in [0.2, 0.25) is 0 Å². The summed E-state index contributed by atoms with van der Waals surface area (Å²) in [7, 11) is 0. The summed E-state index contributed by atoms with van der Waals surface area (Å²) in [6, 6.07) is 15.0. The number of aromatic amines is 1. The number of H-pyrrole nitrogens is 1. The summed E-state index contributed by atoms with van der Waals surface area (Å²) >= 11 is 1.61. The molecule has 1 amide bonds. The molecule has 22 heavy (non-hydrogen) atoms. The third-order valence-corrected chi connectivity index (χ3v) is 3.94. The number of carbonyl (C=O) groups is 1. The van der Waals surface area contributed by atoms with E-state index in [-0.39, 0.29) is 12.5 Å². The summed E-state index contributed by atoms with van der Waals surface area (Å²) < 4.78 is 5.54. The van der Waals surface area contributed by atoms with Gasteiger partial charge in [-0.25, -0.2) is 0 Å². The number of hydrogen-bond donors (Lipinski definition) is 1. The first kappa shape index (κ1) is 14.3. The maximum atomic E-state index is 12.5. The first-order valence-corrected chi connectivity index (χ1v) is 7.71. The Balaban J connectivity index is 1.70. The number of thiophene rings is 1. The molecule has 0 unspecified atom stereocenters. The standard InChI is InChI=1S/C16H15N3O2S/c20-16(12-21-13-5-2-1-3-6-13)19(15-8-9-17-18-15)11-14-7-4-10-22-14/h1-10H,11-12H2,(H,17,18). The van der Waals surface area contributed by atoms with Gasteiger partial charge in [-0.2, -0.15) is 5.10 Å². The van der Waals surface area contributed by atoms with Crippen molar-refractivity contribution in [3.63, 3.8) is 0 Å². The summed E-state index contributed by atoms with van der Waals surface area (Å²) in [5.41, 5.74) is 0. The minimum atomic E-state index is -0.124. The van der Waals surface area contributed by atoms with Crippen LogP contribution in [0.15, 0.2) is 60.1 Å². The number of rotatable bonds is 6. The van der Waals surface area contributed by atoms with Crippen LogP contribution in [0.1, 0.15) is 4.88 Å². The minimum absolute atomic E-state index is 0.0194. The van der Waals surface area contributed by atoms with Crippen molar-refractivity contribution in [2.75, 3.05) is 11.5 Å². The molecule has 0 aliphatic rings. The number of nitrogens with zero attached hydrogens (tertiary/aromatic N) is 2. The topological polar surface area (TPSA) is 58.2 Å². The predicted molar refractivity (Wildman–Crippen MR) is 86.0 cm³/mol. The summed E-state index contributed by atoms with van der Waals surface area (Å²) in [5.74, 6) is 1.22. The van der Waals surface area contributed by atoms with Crippen LogP contribution >= 0.6 is 11.3 Å². The molecule has 5 nitrogen and oxygen atoms in total. The molecule has 3 aromatic rings. The van der Waals surface area contributed by atoms with Gasteiger partial charge in [-0.15, -0.1) is 11.3 Å². The van der Waals surface area contributed by atoms with Crippen LogP contribution in [0.3, 0.4) is 0 Å². The van der Waals surface area contributed by atoms with Gasteiger partial charge in [0.2, 0.25) is 0 Å². The van der Waals surface area contributed by atoms with Crippen molar-refractivity contribution in [2.24, 2.45) is 0 Å². The summed E-state index contributed by atoms with van der Waals surface area (Å²) in [4.78, 5) is 15.2. The van der Waals surface area contributed by atoms with Crippen LogP contribution in [-0.2, 0) is 11.3 Å². The highest BCUT2D eigenvalue weighted by Crippen LogP contribution is 2.18. The van der Waals surface area contributed by atoms with Crippen molar-refractivity contribution in [3.8, 4) is 5.75 Å². The van der Waals surface area contributed by atoms with Crippen LogP contribution in [-0.4, -0.2) is 22.7 Å². The SMILES string of the molecule is O=C(COc1ccccc1)N(Cc1cccs1)c1ccn[nH]1. The molecule has 1 N–H and O–H groups in total. The van der Waals surface area contributed by atoms with Crippen molar-refractivity contribution < 1.29 is 9.53 Å². The van der Waals surface area contributed by atoms with E-state index in [1.54, 1.807) is 28.5 Å². The molecule has 0 radical (unpaired) electrons. The van der Waals surface area contributed by atoms with Gasteiger partial charge in [0, 0.05) is 10.9 Å². The zero-order valence-electron chi connectivity index (χ0n) is 11.8. The molecule has 112 valence electrons. The molecule has 0 fully saturated rings. The number of hydrogen-bond acceptors (Lipinski definition) is 4. The fraction of sp³-hybridized carbons (Fsp3) is 0.125. The van der Waals surface area contributed by atoms with Gasteiger partial charge in [0.15, 0.2) is 6.61 Å². The molecule has 0 saturated heterocycles. The number of para-hydroxylation sites is 1. The molecule has 6 heteroatoms. The summed E-state index contributed by atoms with van der Waals surface area (Å²) in [6.45, 7) is 0.477. The molecule has 1 aromatic carbocycles. The molecular formula is C16H15N3O2S. The molecule has 0 aliphatic heterocycles. The lowest BCUT2D eigenvalue weighted by atomic mass is 10.3. The minimum Gasteiger partial charge on any atom is -0.484 e. The molecule has 2 aromatic heterocycles. The summed E-state index contributed by atoms with van der Waals surface area (Å²) in [5, 5.41) is 8.74. The second-order valence-corrected chi connectivity index (χ2v) is 5.64. The van der Waals surface area contributed by atoms with Gasteiger partial charge in [-0.3, -0.25) is 14.8 Å². The Morgan fingerprint density at radius 3 is 2.73 bits per heavy atom. The number of amides is 1. The highest BCUT2D eigenvalue weighted by atomic mass is 32.1. The van der Waals surface area contributed by atoms with Crippen molar-refractivity contribution in [2.45, 2.75) is 6.54 Å². The molecule has 3 rings (SSSR count). The average Bonchev–Trinajstić information content (AvgIpc) is 3.24. The van der Waals surface area contributed by atoms with Crippen molar-refractivity contribution >= 4 is 23.1 Å². The first-order valence-electron chi connectivity index (χ1n) is 6.83. The van der Waals surface area contributed by atoms with E-state index < -0.39 is 0 Å². The third-order valence-electron chi connectivity index (χ3n) is 3.08. The maximum Gasteiger partial charge on any atom is 0.266 e. The van der Waals surface area contributed by atoms with Crippen LogP contribution in [0.25, 0.3) is 0 Å². The van der Waals surface area contributed by atoms with Gasteiger partial charge >= 0.3 is 0 Å². The van der Waals surface area contributed by atoms with Crippen molar-refractivity contribution in [3.05, 3.63) is 65.0 Å².